The number of rotatable bonds is 1. The first-order valence-electron chi connectivity index (χ1n) is 3.09. The molecule has 1 aromatic rings. The van der Waals surface area contributed by atoms with E-state index >= 15 is 0 Å². The number of ether oxygens (including phenoxy) is 1. The van der Waals surface area contributed by atoms with Crippen molar-refractivity contribution in [1.29, 1.82) is 0 Å². The molecule has 1 rings (SSSR count). The lowest BCUT2D eigenvalue weighted by molar-refractivity contribution is 0.391. The van der Waals surface area contributed by atoms with Crippen LogP contribution in [0.4, 0.5) is 0 Å². The molecule has 0 aliphatic rings. The summed E-state index contributed by atoms with van der Waals surface area (Å²) in [5.41, 5.74) is 2.05. The molecule has 3 nitrogen and oxygen atoms in total. The standard InChI is InChI=1S/C7H10N2O/c1-5-4-7(10-3)9-8-6(5)2/h4H,1-3H3. The second-order valence-electron chi connectivity index (χ2n) is 2.16. The molecule has 0 saturated heterocycles. The summed E-state index contributed by atoms with van der Waals surface area (Å²) in [5.74, 6) is 0.572. The van der Waals surface area contributed by atoms with Gasteiger partial charge in [-0.05, 0) is 19.4 Å². The van der Waals surface area contributed by atoms with Crippen LogP contribution in [0.2, 0.25) is 0 Å². The molecule has 0 aliphatic carbocycles. The van der Waals surface area contributed by atoms with Crippen molar-refractivity contribution in [3.05, 3.63) is 17.3 Å². The average molecular weight is 138 g/mol. The summed E-state index contributed by atoms with van der Waals surface area (Å²) in [4.78, 5) is 0. The number of nitrogens with zero attached hydrogens (tertiary/aromatic N) is 2. The molecule has 54 valence electrons. The first kappa shape index (κ1) is 6.99. The predicted octanol–water partition coefficient (Wildman–Crippen LogP) is 1.10. The summed E-state index contributed by atoms with van der Waals surface area (Å²) in [5, 5.41) is 7.66. The SMILES string of the molecule is COc1cc(C)c(C)nn1. The summed E-state index contributed by atoms with van der Waals surface area (Å²) < 4.78 is 4.88. The summed E-state index contributed by atoms with van der Waals surface area (Å²) in [6.07, 6.45) is 0. The van der Waals surface area contributed by atoms with Gasteiger partial charge >= 0.3 is 0 Å². The van der Waals surface area contributed by atoms with Crippen LogP contribution in [0, 0.1) is 13.8 Å². The Kier molecular flexibility index (Phi) is 1.85. The molecule has 0 unspecified atom stereocenters. The van der Waals surface area contributed by atoms with Crippen molar-refractivity contribution in [3.8, 4) is 5.88 Å². The van der Waals surface area contributed by atoms with Gasteiger partial charge in [0.2, 0.25) is 5.88 Å². The number of aromatic nitrogens is 2. The zero-order chi connectivity index (χ0) is 7.56. The molecule has 1 aromatic heterocycles. The van der Waals surface area contributed by atoms with Gasteiger partial charge in [-0.15, -0.1) is 5.10 Å². The summed E-state index contributed by atoms with van der Waals surface area (Å²) in [6.45, 7) is 3.90. The molecular formula is C7H10N2O. The van der Waals surface area contributed by atoms with Gasteiger partial charge in [0, 0.05) is 6.07 Å². The van der Waals surface area contributed by atoms with Crippen LogP contribution in [0.1, 0.15) is 11.3 Å². The third-order valence-corrected chi connectivity index (χ3v) is 1.42. The highest BCUT2D eigenvalue weighted by Crippen LogP contribution is 2.08. The Morgan fingerprint density at radius 2 is 2.00 bits per heavy atom. The van der Waals surface area contributed by atoms with Crippen LogP contribution in [-0.2, 0) is 0 Å². The van der Waals surface area contributed by atoms with E-state index in [0.717, 1.165) is 11.3 Å². The monoisotopic (exact) mass is 138 g/mol. The van der Waals surface area contributed by atoms with Crippen LogP contribution in [-0.4, -0.2) is 17.3 Å². The van der Waals surface area contributed by atoms with Crippen molar-refractivity contribution >= 4 is 0 Å². The zero-order valence-electron chi connectivity index (χ0n) is 6.38. The molecule has 1 heterocycles. The highest BCUT2D eigenvalue weighted by molar-refractivity contribution is 5.21. The van der Waals surface area contributed by atoms with E-state index in [9.17, 15) is 0 Å². The minimum Gasteiger partial charge on any atom is -0.480 e. The third-order valence-electron chi connectivity index (χ3n) is 1.42. The van der Waals surface area contributed by atoms with Crippen molar-refractivity contribution in [2.75, 3.05) is 7.11 Å². The first-order valence-corrected chi connectivity index (χ1v) is 3.09. The van der Waals surface area contributed by atoms with E-state index in [1.807, 2.05) is 19.9 Å². The lowest BCUT2D eigenvalue weighted by Crippen LogP contribution is -1.94. The van der Waals surface area contributed by atoms with E-state index in [1.54, 1.807) is 7.11 Å². The maximum Gasteiger partial charge on any atom is 0.233 e. The van der Waals surface area contributed by atoms with E-state index in [-0.39, 0.29) is 0 Å². The molecule has 0 spiro atoms. The molecule has 0 saturated carbocycles. The van der Waals surface area contributed by atoms with E-state index in [2.05, 4.69) is 10.2 Å². The van der Waals surface area contributed by atoms with Crippen molar-refractivity contribution in [2.45, 2.75) is 13.8 Å². The van der Waals surface area contributed by atoms with Crippen molar-refractivity contribution in [2.24, 2.45) is 0 Å². The van der Waals surface area contributed by atoms with Crippen molar-refractivity contribution in [1.82, 2.24) is 10.2 Å². The molecule has 0 aliphatic heterocycles. The molecule has 0 fully saturated rings. The molecule has 0 amide bonds. The topological polar surface area (TPSA) is 35.0 Å². The van der Waals surface area contributed by atoms with Gasteiger partial charge in [0.05, 0.1) is 12.8 Å². The fourth-order valence-electron chi connectivity index (χ4n) is 0.621. The fourth-order valence-corrected chi connectivity index (χ4v) is 0.621. The van der Waals surface area contributed by atoms with Gasteiger partial charge < -0.3 is 4.74 Å². The van der Waals surface area contributed by atoms with E-state index in [1.165, 1.54) is 0 Å². The Hall–Kier alpha value is -1.12. The van der Waals surface area contributed by atoms with Crippen LogP contribution in [0.15, 0.2) is 6.07 Å². The molecular weight excluding hydrogens is 128 g/mol. The minimum absolute atomic E-state index is 0.572. The van der Waals surface area contributed by atoms with Crippen LogP contribution >= 0.6 is 0 Å². The first-order chi connectivity index (χ1) is 4.74. The molecule has 0 bridgehead atoms. The Labute approximate surface area is 60.0 Å². The smallest absolute Gasteiger partial charge is 0.233 e. The van der Waals surface area contributed by atoms with Gasteiger partial charge in [-0.3, -0.25) is 0 Å². The third kappa shape index (κ3) is 1.23. The van der Waals surface area contributed by atoms with E-state index < -0.39 is 0 Å². The number of hydrogen-bond donors (Lipinski definition) is 0. The second-order valence-corrected chi connectivity index (χ2v) is 2.16. The Morgan fingerprint density at radius 3 is 2.50 bits per heavy atom. The molecule has 0 N–H and O–H groups in total. The molecule has 0 atom stereocenters. The number of hydrogen-bond acceptors (Lipinski definition) is 3. The quantitative estimate of drug-likeness (QED) is 0.583. The molecule has 10 heavy (non-hydrogen) atoms. The van der Waals surface area contributed by atoms with Crippen molar-refractivity contribution in [3.63, 3.8) is 0 Å². The van der Waals surface area contributed by atoms with E-state index in [4.69, 9.17) is 4.74 Å². The van der Waals surface area contributed by atoms with Crippen molar-refractivity contribution < 1.29 is 4.74 Å². The molecule has 0 radical (unpaired) electrons. The normalized spacial score (nSPS) is 9.50. The van der Waals surface area contributed by atoms with Crippen LogP contribution in [0.5, 0.6) is 5.88 Å². The largest absolute Gasteiger partial charge is 0.480 e. The highest BCUT2D eigenvalue weighted by atomic mass is 16.5. The zero-order valence-corrected chi connectivity index (χ0v) is 6.38. The van der Waals surface area contributed by atoms with Gasteiger partial charge in [0.15, 0.2) is 0 Å². The van der Waals surface area contributed by atoms with Gasteiger partial charge in [-0.25, -0.2) is 0 Å². The lowest BCUT2D eigenvalue weighted by Gasteiger charge is -1.99. The highest BCUT2D eigenvalue weighted by Gasteiger charge is 1.96. The van der Waals surface area contributed by atoms with Crippen LogP contribution < -0.4 is 4.74 Å². The average Bonchev–Trinajstić information content (AvgIpc) is 1.95. The number of aryl methyl sites for hydroxylation is 2. The molecule has 3 heteroatoms. The number of methoxy groups -OCH3 is 1. The Morgan fingerprint density at radius 1 is 1.30 bits per heavy atom. The van der Waals surface area contributed by atoms with Gasteiger partial charge in [0.25, 0.3) is 0 Å². The maximum absolute atomic E-state index is 4.88. The molecule has 0 aromatic carbocycles. The second kappa shape index (κ2) is 2.64. The lowest BCUT2D eigenvalue weighted by atomic mass is 10.2. The summed E-state index contributed by atoms with van der Waals surface area (Å²) in [6, 6.07) is 1.86. The Bertz CT molecular complexity index is 235. The van der Waals surface area contributed by atoms with Gasteiger partial charge in [-0.2, -0.15) is 5.10 Å². The van der Waals surface area contributed by atoms with Crippen LogP contribution in [0.3, 0.4) is 0 Å². The minimum atomic E-state index is 0.572. The predicted molar refractivity (Wildman–Crippen MR) is 38.1 cm³/mol. The summed E-state index contributed by atoms with van der Waals surface area (Å²) in [7, 11) is 1.58. The van der Waals surface area contributed by atoms with Gasteiger partial charge in [-0.1, -0.05) is 0 Å². The van der Waals surface area contributed by atoms with Gasteiger partial charge in [0.1, 0.15) is 0 Å². The fraction of sp³-hybridized carbons (Fsp3) is 0.429. The van der Waals surface area contributed by atoms with E-state index in [0.29, 0.717) is 5.88 Å². The maximum atomic E-state index is 4.88. The summed E-state index contributed by atoms with van der Waals surface area (Å²) >= 11 is 0. The Balaban J connectivity index is 3.04. The van der Waals surface area contributed by atoms with Crippen LogP contribution in [0.25, 0.3) is 0 Å².